The molecule has 0 aromatic heterocycles. The van der Waals surface area contributed by atoms with Crippen LogP contribution in [0.15, 0.2) is 48.5 Å². The molecule has 2 aromatic carbocycles. The third-order valence-corrected chi connectivity index (χ3v) is 4.83. The first-order valence-corrected chi connectivity index (χ1v) is 9.49. The van der Waals surface area contributed by atoms with E-state index in [4.69, 9.17) is 21.1 Å². The van der Waals surface area contributed by atoms with Gasteiger partial charge in [-0.1, -0.05) is 35.9 Å². The highest BCUT2D eigenvalue weighted by atomic mass is 35.5. The molecular weight excluding hydrogens is 396 g/mol. The zero-order valence-electron chi connectivity index (χ0n) is 15.9. The molecule has 1 aliphatic heterocycles. The Kier molecular flexibility index (Phi) is 6.72. The number of methoxy groups -OCH3 is 1. The third-order valence-electron chi connectivity index (χ3n) is 4.58. The van der Waals surface area contributed by atoms with Crippen molar-refractivity contribution in [2.75, 3.05) is 25.2 Å². The minimum absolute atomic E-state index is 0.0107. The monoisotopic (exact) mass is 416 g/mol. The maximum Gasteiger partial charge on any atom is 0.307 e. The van der Waals surface area contributed by atoms with Crippen molar-refractivity contribution in [2.24, 2.45) is 0 Å². The van der Waals surface area contributed by atoms with Crippen molar-refractivity contribution in [1.82, 2.24) is 5.32 Å². The molecule has 2 aromatic rings. The number of esters is 1. The second kappa shape index (κ2) is 9.43. The molecule has 7 nitrogen and oxygen atoms in total. The number of carbonyl (C=O) groups is 3. The molecule has 0 radical (unpaired) electrons. The predicted octanol–water partition coefficient (Wildman–Crippen LogP) is 2.88. The van der Waals surface area contributed by atoms with E-state index in [1.165, 1.54) is 12.0 Å². The second-order valence-electron chi connectivity index (χ2n) is 6.50. The van der Waals surface area contributed by atoms with Crippen LogP contribution >= 0.6 is 11.6 Å². The minimum Gasteiger partial charge on any atom is -0.482 e. The summed E-state index contributed by atoms with van der Waals surface area (Å²) in [7, 11) is 1.30. The van der Waals surface area contributed by atoms with Crippen molar-refractivity contribution in [3.63, 3.8) is 0 Å². The molecule has 3 rings (SSSR count). The lowest BCUT2D eigenvalue weighted by atomic mass is 10.0. The second-order valence-corrected chi connectivity index (χ2v) is 6.94. The molecule has 1 heterocycles. The van der Waals surface area contributed by atoms with Gasteiger partial charge in [-0.05, 0) is 29.8 Å². The van der Waals surface area contributed by atoms with Crippen LogP contribution in [0.4, 0.5) is 5.69 Å². The van der Waals surface area contributed by atoms with Crippen molar-refractivity contribution in [3.05, 3.63) is 59.1 Å². The van der Waals surface area contributed by atoms with E-state index < -0.39 is 12.0 Å². The Morgan fingerprint density at radius 1 is 1.21 bits per heavy atom. The van der Waals surface area contributed by atoms with Gasteiger partial charge in [0.2, 0.25) is 5.91 Å². The van der Waals surface area contributed by atoms with Gasteiger partial charge in [-0.3, -0.25) is 14.4 Å². The molecule has 8 heteroatoms. The summed E-state index contributed by atoms with van der Waals surface area (Å²) >= 11 is 5.92. The molecular formula is C21H21ClN2O5. The number of carbonyl (C=O) groups excluding carboxylic acids is 3. The SMILES string of the molecule is COC(=O)CC(NC(=O)CCN1C(=O)COc2ccccc21)c1ccc(Cl)cc1. The average molecular weight is 417 g/mol. The van der Waals surface area contributed by atoms with Gasteiger partial charge in [-0.25, -0.2) is 0 Å². The topological polar surface area (TPSA) is 84.9 Å². The van der Waals surface area contributed by atoms with Crippen molar-refractivity contribution >= 4 is 35.1 Å². The van der Waals surface area contributed by atoms with Crippen LogP contribution in [0.3, 0.4) is 0 Å². The fourth-order valence-corrected chi connectivity index (χ4v) is 3.20. The number of ether oxygens (including phenoxy) is 2. The van der Waals surface area contributed by atoms with Gasteiger partial charge in [-0.15, -0.1) is 0 Å². The van der Waals surface area contributed by atoms with Gasteiger partial charge in [0.05, 0.1) is 25.3 Å². The number of fused-ring (bicyclic) bond motifs is 1. The van der Waals surface area contributed by atoms with Crippen molar-refractivity contribution in [1.29, 1.82) is 0 Å². The highest BCUT2D eigenvalue weighted by molar-refractivity contribution is 6.30. The maximum atomic E-state index is 12.6. The number of benzene rings is 2. The zero-order chi connectivity index (χ0) is 20.8. The number of halogens is 1. The Bertz CT molecular complexity index is 900. The summed E-state index contributed by atoms with van der Waals surface area (Å²) in [5, 5.41) is 3.40. The Labute approximate surface area is 173 Å². The van der Waals surface area contributed by atoms with Crippen LogP contribution in [0.5, 0.6) is 5.75 Å². The lowest BCUT2D eigenvalue weighted by Gasteiger charge is -2.29. The predicted molar refractivity (Wildman–Crippen MR) is 108 cm³/mol. The molecule has 0 bridgehead atoms. The van der Waals surface area contributed by atoms with Crippen molar-refractivity contribution in [2.45, 2.75) is 18.9 Å². The Hall–Kier alpha value is -3.06. The molecule has 0 spiro atoms. The summed E-state index contributed by atoms with van der Waals surface area (Å²) in [6, 6.07) is 13.5. The van der Waals surface area contributed by atoms with E-state index in [0.717, 1.165) is 5.56 Å². The lowest BCUT2D eigenvalue weighted by molar-refractivity contribution is -0.141. The van der Waals surface area contributed by atoms with Gasteiger partial charge in [0, 0.05) is 18.0 Å². The molecule has 0 fully saturated rings. The molecule has 1 atom stereocenters. The van der Waals surface area contributed by atoms with E-state index in [1.807, 2.05) is 6.07 Å². The first-order valence-electron chi connectivity index (χ1n) is 9.11. The minimum atomic E-state index is -0.556. The summed E-state index contributed by atoms with van der Waals surface area (Å²) in [5.74, 6) is -0.328. The van der Waals surface area contributed by atoms with Gasteiger partial charge in [-0.2, -0.15) is 0 Å². The van der Waals surface area contributed by atoms with Gasteiger partial charge < -0.3 is 19.7 Å². The number of nitrogens with one attached hydrogen (secondary N) is 1. The molecule has 0 aliphatic carbocycles. The van der Waals surface area contributed by atoms with Crippen LogP contribution in [0, 0.1) is 0 Å². The number of amides is 2. The van der Waals surface area contributed by atoms with E-state index in [0.29, 0.717) is 16.5 Å². The third kappa shape index (κ3) is 5.26. The molecule has 0 saturated heterocycles. The summed E-state index contributed by atoms with van der Waals surface area (Å²) < 4.78 is 10.1. The summed E-state index contributed by atoms with van der Waals surface area (Å²) in [6.45, 7) is 0.144. The van der Waals surface area contributed by atoms with Crippen LogP contribution < -0.4 is 15.0 Å². The molecule has 152 valence electrons. The lowest BCUT2D eigenvalue weighted by Crippen LogP contribution is -2.41. The standard InChI is InChI=1S/C21H21ClN2O5/c1-28-21(27)12-16(14-6-8-15(22)9-7-14)23-19(25)10-11-24-17-4-2-3-5-18(17)29-13-20(24)26/h2-9,16H,10-13H2,1H3,(H,23,25). The number of nitrogens with zero attached hydrogens (tertiary/aromatic N) is 1. The quantitative estimate of drug-likeness (QED) is 0.701. The van der Waals surface area contributed by atoms with E-state index in [-0.39, 0.29) is 37.8 Å². The maximum absolute atomic E-state index is 12.6. The first-order chi connectivity index (χ1) is 14.0. The van der Waals surface area contributed by atoms with E-state index in [1.54, 1.807) is 42.5 Å². The van der Waals surface area contributed by atoms with Crippen LogP contribution in [-0.4, -0.2) is 38.0 Å². The highest BCUT2D eigenvalue weighted by Gasteiger charge is 2.26. The molecule has 0 saturated carbocycles. The van der Waals surface area contributed by atoms with Crippen molar-refractivity contribution < 1.29 is 23.9 Å². The number of hydrogen-bond donors (Lipinski definition) is 1. The normalized spacial score (nSPS) is 13.9. The Morgan fingerprint density at radius 2 is 1.93 bits per heavy atom. The Morgan fingerprint density at radius 3 is 2.66 bits per heavy atom. The van der Waals surface area contributed by atoms with E-state index in [2.05, 4.69) is 5.32 Å². The van der Waals surface area contributed by atoms with Gasteiger partial charge in [0.15, 0.2) is 6.61 Å². The summed E-state index contributed by atoms with van der Waals surface area (Å²) in [6.07, 6.45) is 0.0640. The van der Waals surface area contributed by atoms with E-state index in [9.17, 15) is 14.4 Å². The molecule has 2 amide bonds. The zero-order valence-corrected chi connectivity index (χ0v) is 16.6. The molecule has 1 N–H and O–H groups in total. The molecule has 29 heavy (non-hydrogen) atoms. The molecule has 1 aliphatic rings. The van der Waals surface area contributed by atoms with Crippen molar-refractivity contribution in [3.8, 4) is 5.75 Å². The van der Waals surface area contributed by atoms with Crippen LogP contribution in [0.25, 0.3) is 0 Å². The van der Waals surface area contributed by atoms with Gasteiger partial charge >= 0.3 is 5.97 Å². The summed E-state index contributed by atoms with van der Waals surface area (Å²) in [5.41, 5.74) is 1.38. The summed E-state index contributed by atoms with van der Waals surface area (Å²) in [4.78, 5) is 38.1. The smallest absolute Gasteiger partial charge is 0.307 e. The van der Waals surface area contributed by atoms with Crippen LogP contribution in [0.2, 0.25) is 5.02 Å². The number of para-hydroxylation sites is 2. The molecule has 1 unspecified atom stereocenters. The van der Waals surface area contributed by atoms with Crippen LogP contribution in [-0.2, 0) is 19.1 Å². The van der Waals surface area contributed by atoms with E-state index >= 15 is 0 Å². The first kappa shape index (κ1) is 20.7. The van der Waals surface area contributed by atoms with Gasteiger partial charge in [0.25, 0.3) is 5.91 Å². The number of rotatable bonds is 7. The fraction of sp³-hybridized carbons (Fsp3) is 0.286. The Balaban J connectivity index is 1.66. The average Bonchev–Trinajstić information content (AvgIpc) is 2.73. The number of anilines is 1. The van der Waals surface area contributed by atoms with Gasteiger partial charge in [0.1, 0.15) is 5.75 Å². The van der Waals surface area contributed by atoms with Crippen LogP contribution in [0.1, 0.15) is 24.4 Å². The highest BCUT2D eigenvalue weighted by Crippen LogP contribution is 2.31. The largest absolute Gasteiger partial charge is 0.482 e. The fourth-order valence-electron chi connectivity index (χ4n) is 3.08. The number of hydrogen-bond acceptors (Lipinski definition) is 5.